The standard InChI is InChI=1S/C11H12FNO2/c1-8(12)9-4-3-5-11(15-2)10(9)6-13-7-14/h3-5,8H,6H2,1-2H3. The maximum absolute atomic E-state index is 13.2. The van der Waals surface area contributed by atoms with Gasteiger partial charge in [-0.3, -0.25) is 0 Å². The molecule has 0 bridgehead atoms. The van der Waals surface area contributed by atoms with Crippen LogP contribution in [-0.4, -0.2) is 13.2 Å². The monoisotopic (exact) mass is 209 g/mol. The Morgan fingerprint density at radius 1 is 1.60 bits per heavy atom. The maximum atomic E-state index is 13.2. The second-order valence-corrected chi connectivity index (χ2v) is 3.05. The van der Waals surface area contributed by atoms with E-state index in [9.17, 15) is 9.18 Å². The first kappa shape index (κ1) is 11.4. The molecule has 0 fully saturated rings. The highest BCUT2D eigenvalue weighted by atomic mass is 19.1. The number of halogens is 1. The summed E-state index contributed by atoms with van der Waals surface area (Å²) in [5.74, 6) is 0.538. The minimum absolute atomic E-state index is 0.0944. The van der Waals surface area contributed by atoms with Gasteiger partial charge in [0.15, 0.2) is 0 Å². The molecule has 1 atom stereocenters. The molecule has 1 rings (SSSR count). The van der Waals surface area contributed by atoms with E-state index in [-0.39, 0.29) is 6.54 Å². The van der Waals surface area contributed by atoms with E-state index in [0.29, 0.717) is 16.9 Å². The Morgan fingerprint density at radius 2 is 2.33 bits per heavy atom. The highest BCUT2D eigenvalue weighted by Gasteiger charge is 2.13. The number of nitrogens with zero attached hydrogens (tertiary/aromatic N) is 1. The van der Waals surface area contributed by atoms with Crippen molar-refractivity contribution < 1.29 is 13.9 Å². The lowest BCUT2D eigenvalue weighted by molar-refractivity contribution is 0.365. The zero-order valence-corrected chi connectivity index (χ0v) is 8.66. The summed E-state index contributed by atoms with van der Waals surface area (Å²) >= 11 is 0. The molecule has 15 heavy (non-hydrogen) atoms. The number of hydrogen-bond donors (Lipinski definition) is 0. The van der Waals surface area contributed by atoms with Crippen molar-refractivity contribution >= 4 is 6.08 Å². The molecule has 1 unspecified atom stereocenters. The highest BCUT2D eigenvalue weighted by molar-refractivity contribution is 5.43. The zero-order chi connectivity index (χ0) is 11.3. The van der Waals surface area contributed by atoms with Crippen molar-refractivity contribution in [1.29, 1.82) is 0 Å². The number of hydrogen-bond acceptors (Lipinski definition) is 3. The summed E-state index contributed by atoms with van der Waals surface area (Å²) in [6.07, 6.45) is 0.317. The van der Waals surface area contributed by atoms with Crippen LogP contribution >= 0.6 is 0 Å². The lowest BCUT2D eigenvalue weighted by Crippen LogP contribution is -1.98. The van der Waals surface area contributed by atoms with Gasteiger partial charge in [0.25, 0.3) is 0 Å². The van der Waals surface area contributed by atoms with Crippen molar-refractivity contribution in [2.75, 3.05) is 7.11 Å². The number of carbonyl (C=O) groups excluding carboxylic acids is 1. The Balaban J connectivity index is 3.19. The molecule has 4 heteroatoms. The molecule has 0 amide bonds. The van der Waals surface area contributed by atoms with Crippen molar-refractivity contribution in [2.45, 2.75) is 19.6 Å². The fourth-order valence-electron chi connectivity index (χ4n) is 1.43. The minimum Gasteiger partial charge on any atom is -0.496 e. The van der Waals surface area contributed by atoms with E-state index in [1.165, 1.54) is 20.1 Å². The van der Waals surface area contributed by atoms with Crippen LogP contribution in [0.2, 0.25) is 0 Å². The highest BCUT2D eigenvalue weighted by Crippen LogP contribution is 2.29. The largest absolute Gasteiger partial charge is 0.496 e. The lowest BCUT2D eigenvalue weighted by Gasteiger charge is -2.12. The first-order chi connectivity index (χ1) is 7.20. The normalized spacial score (nSPS) is 11.7. The fraction of sp³-hybridized carbons (Fsp3) is 0.364. The van der Waals surface area contributed by atoms with Gasteiger partial charge in [0, 0.05) is 5.56 Å². The van der Waals surface area contributed by atoms with Gasteiger partial charge in [-0.15, -0.1) is 0 Å². The smallest absolute Gasteiger partial charge is 0.235 e. The number of rotatable bonds is 4. The minimum atomic E-state index is -1.11. The second-order valence-electron chi connectivity index (χ2n) is 3.05. The van der Waals surface area contributed by atoms with Crippen molar-refractivity contribution in [2.24, 2.45) is 4.99 Å². The van der Waals surface area contributed by atoms with E-state index in [0.717, 1.165) is 0 Å². The average Bonchev–Trinajstić information content (AvgIpc) is 2.25. The van der Waals surface area contributed by atoms with Crippen LogP contribution in [0.25, 0.3) is 0 Å². The van der Waals surface area contributed by atoms with Gasteiger partial charge in [0.1, 0.15) is 11.9 Å². The van der Waals surface area contributed by atoms with Crippen LogP contribution in [0.15, 0.2) is 23.2 Å². The van der Waals surface area contributed by atoms with Gasteiger partial charge in [-0.05, 0) is 18.6 Å². The maximum Gasteiger partial charge on any atom is 0.235 e. The molecule has 0 spiro atoms. The van der Waals surface area contributed by atoms with Gasteiger partial charge in [-0.25, -0.2) is 14.2 Å². The Kier molecular flexibility index (Phi) is 4.01. The van der Waals surface area contributed by atoms with E-state index in [2.05, 4.69) is 4.99 Å². The predicted octanol–water partition coefficient (Wildman–Crippen LogP) is 2.56. The van der Waals surface area contributed by atoms with Crippen LogP contribution in [0.4, 0.5) is 4.39 Å². The van der Waals surface area contributed by atoms with Crippen molar-refractivity contribution in [1.82, 2.24) is 0 Å². The third kappa shape index (κ3) is 2.64. The molecule has 0 radical (unpaired) electrons. The van der Waals surface area contributed by atoms with E-state index in [1.54, 1.807) is 18.2 Å². The number of isocyanates is 1. The second kappa shape index (κ2) is 5.27. The Bertz CT molecular complexity index is 384. The van der Waals surface area contributed by atoms with Crippen molar-refractivity contribution in [3.63, 3.8) is 0 Å². The van der Waals surface area contributed by atoms with Gasteiger partial charge in [-0.2, -0.15) is 0 Å². The van der Waals surface area contributed by atoms with Gasteiger partial charge in [0.2, 0.25) is 6.08 Å². The molecular weight excluding hydrogens is 197 g/mol. The Hall–Kier alpha value is -1.67. The van der Waals surface area contributed by atoms with E-state index in [1.807, 2.05) is 0 Å². The molecule has 1 aromatic rings. The van der Waals surface area contributed by atoms with Crippen LogP contribution < -0.4 is 4.74 Å². The molecule has 3 nitrogen and oxygen atoms in total. The molecule has 0 aliphatic rings. The summed E-state index contributed by atoms with van der Waals surface area (Å²) < 4.78 is 18.3. The molecule has 0 aliphatic heterocycles. The summed E-state index contributed by atoms with van der Waals surface area (Å²) in [5.41, 5.74) is 1.09. The van der Waals surface area contributed by atoms with E-state index >= 15 is 0 Å². The number of benzene rings is 1. The van der Waals surface area contributed by atoms with Crippen LogP contribution in [0.1, 0.15) is 24.2 Å². The molecule has 1 aromatic carbocycles. The quantitative estimate of drug-likeness (QED) is 0.564. The Labute approximate surface area is 87.6 Å². The molecule has 0 heterocycles. The Morgan fingerprint density at radius 3 is 2.87 bits per heavy atom. The van der Waals surface area contributed by atoms with Crippen molar-refractivity contribution in [3.05, 3.63) is 29.3 Å². The first-order valence-electron chi connectivity index (χ1n) is 4.54. The van der Waals surface area contributed by atoms with Crippen LogP contribution in [0.5, 0.6) is 5.75 Å². The van der Waals surface area contributed by atoms with Crippen LogP contribution in [0, 0.1) is 0 Å². The lowest BCUT2D eigenvalue weighted by atomic mass is 10.0. The van der Waals surface area contributed by atoms with Gasteiger partial charge >= 0.3 is 0 Å². The summed E-state index contributed by atoms with van der Waals surface area (Å²) in [5, 5.41) is 0. The first-order valence-corrected chi connectivity index (χ1v) is 4.54. The summed E-state index contributed by atoms with van der Waals surface area (Å²) in [6, 6.07) is 5.07. The zero-order valence-electron chi connectivity index (χ0n) is 8.66. The summed E-state index contributed by atoms with van der Waals surface area (Å²) in [6.45, 7) is 1.53. The topological polar surface area (TPSA) is 38.7 Å². The molecule has 0 N–H and O–H groups in total. The molecule has 80 valence electrons. The van der Waals surface area contributed by atoms with E-state index < -0.39 is 6.17 Å². The van der Waals surface area contributed by atoms with Gasteiger partial charge in [-0.1, -0.05) is 12.1 Å². The molecule has 0 aromatic heterocycles. The van der Waals surface area contributed by atoms with Crippen LogP contribution in [-0.2, 0) is 11.3 Å². The molecule has 0 saturated carbocycles. The van der Waals surface area contributed by atoms with Gasteiger partial charge in [0.05, 0.1) is 13.7 Å². The number of alkyl halides is 1. The van der Waals surface area contributed by atoms with E-state index in [4.69, 9.17) is 4.74 Å². The number of methoxy groups -OCH3 is 1. The molecular formula is C11H12FNO2. The summed E-state index contributed by atoms with van der Waals surface area (Å²) in [4.78, 5) is 13.5. The predicted molar refractivity (Wildman–Crippen MR) is 54.3 cm³/mol. The number of aliphatic imine (C=N–C) groups is 1. The number of ether oxygens (including phenoxy) is 1. The average molecular weight is 209 g/mol. The molecule has 0 saturated heterocycles. The SMILES string of the molecule is COc1cccc(C(C)F)c1CN=C=O. The van der Waals surface area contributed by atoms with Gasteiger partial charge < -0.3 is 4.74 Å². The van der Waals surface area contributed by atoms with Crippen LogP contribution in [0.3, 0.4) is 0 Å². The third-order valence-corrected chi connectivity index (χ3v) is 2.12. The summed E-state index contributed by atoms with van der Waals surface area (Å²) in [7, 11) is 1.50. The fourth-order valence-corrected chi connectivity index (χ4v) is 1.43. The third-order valence-electron chi connectivity index (χ3n) is 2.12. The van der Waals surface area contributed by atoms with Crippen molar-refractivity contribution in [3.8, 4) is 5.75 Å². The molecule has 0 aliphatic carbocycles.